The van der Waals surface area contributed by atoms with Gasteiger partial charge >= 0.3 is 5.97 Å². The quantitative estimate of drug-likeness (QED) is 0.576. The van der Waals surface area contributed by atoms with Crippen molar-refractivity contribution in [2.75, 3.05) is 0 Å². The molecule has 3 nitrogen and oxygen atoms in total. The Labute approximate surface area is 103 Å². The SMILES string of the molecule is CC.O=C(O)/C=C/CCCCCc1ccco1. The summed E-state index contributed by atoms with van der Waals surface area (Å²) in [5, 5.41) is 8.34. The lowest BCUT2D eigenvalue weighted by atomic mass is 10.1. The number of carbonyl (C=O) groups is 1. The van der Waals surface area contributed by atoms with Crippen LogP contribution in [0.3, 0.4) is 0 Å². The Morgan fingerprint density at radius 1 is 1.35 bits per heavy atom. The molecule has 0 aliphatic heterocycles. The molecule has 1 heterocycles. The summed E-state index contributed by atoms with van der Waals surface area (Å²) in [4.78, 5) is 10.1. The first-order valence-electron chi connectivity index (χ1n) is 6.21. The highest BCUT2D eigenvalue weighted by Crippen LogP contribution is 2.08. The zero-order valence-corrected chi connectivity index (χ0v) is 10.7. The fourth-order valence-electron chi connectivity index (χ4n) is 1.38. The Morgan fingerprint density at radius 2 is 2.12 bits per heavy atom. The molecule has 1 N–H and O–H groups in total. The molecule has 1 aromatic rings. The maximum Gasteiger partial charge on any atom is 0.327 e. The summed E-state index contributed by atoms with van der Waals surface area (Å²) in [6.07, 6.45) is 9.62. The Balaban J connectivity index is 0.00000121. The maximum absolute atomic E-state index is 10.1. The van der Waals surface area contributed by atoms with Gasteiger partial charge in [0, 0.05) is 12.5 Å². The normalized spacial score (nSPS) is 10.0. The fraction of sp³-hybridized carbons (Fsp3) is 0.500. The summed E-state index contributed by atoms with van der Waals surface area (Å²) in [5.74, 6) is 0.154. The largest absolute Gasteiger partial charge is 0.478 e. The zero-order chi connectivity index (χ0) is 12.9. The van der Waals surface area contributed by atoms with Crippen molar-refractivity contribution in [3.8, 4) is 0 Å². The molecule has 96 valence electrons. The lowest BCUT2D eigenvalue weighted by molar-refractivity contribution is -0.131. The number of unbranched alkanes of at least 4 members (excludes halogenated alkanes) is 3. The van der Waals surface area contributed by atoms with E-state index in [1.54, 1.807) is 12.3 Å². The fourth-order valence-corrected chi connectivity index (χ4v) is 1.38. The Bertz CT molecular complexity index is 299. The minimum Gasteiger partial charge on any atom is -0.478 e. The molecule has 0 aliphatic rings. The van der Waals surface area contributed by atoms with E-state index in [0.29, 0.717) is 0 Å². The molecule has 0 spiro atoms. The molecule has 0 atom stereocenters. The topological polar surface area (TPSA) is 50.4 Å². The number of carboxylic acid groups (broad SMARTS) is 1. The van der Waals surface area contributed by atoms with Gasteiger partial charge < -0.3 is 9.52 Å². The summed E-state index contributed by atoms with van der Waals surface area (Å²) in [7, 11) is 0. The van der Waals surface area contributed by atoms with Crippen LogP contribution in [0.4, 0.5) is 0 Å². The van der Waals surface area contributed by atoms with Crippen LogP contribution in [0, 0.1) is 0 Å². The predicted molar refractivity (Wildman–Crippen MR) is 69.0 cm³/mol. The Morgan fingerprint density at radius 3 is 2.71 bits per heavy atom. The van der Waals surface area contributed by atoms with Gasteiger partial charge in [0.1, 0.15) is 5.76 Å². The molecule has 0 unspecified atom stereocenters. The van der Waals surface area contributed by atoms with Crippen LogP contribution in [0.5, 0.6) is 0 Å². The third kappa shape index (κ3) is 9.42. The second-order valence-corrected chi connectivity index (χ2v) is 3.42. The molecular weight excluding hydrogens is 216 g/mol. The van der Waals surface area contributed by atoms with Crippen molar-refractivity contribution in [3.05, 3.63) is 36.3 Å². The van der Waals surface area contributed by atoms with Crippen LogP contribution in [-0.2, 0) is 11.2 Å². The van der Waals surface area contributed by atoms with E-state index in [0.717, 1.165) is 37.9 Å². The number of carboxylic acids is 1. The summed E-state index contributed by atoms with van der Waals surface area (Å²) >= 11 is 0. The molecule has 0 radical (unpaired) electrons. The summed E-state index contributed by atoms with van der Waals surface area (Å²) < 4.78 is 5.20. The first kappa shape index (κ1) is 15.5. The molecular formula is C14H22O3. The highest BCUT2D eigenvalue weighted by atomic mass is 16.4. The Hall–Kier alpha value is -1.51. The van der Waals surface area contributed by atoms with Crippen LogP contribution in [-0.4, -0.2) is 11.1 Å². The van der Waals surface area contributed by atoms with E-state index >= 15 is 0 Å². The summed E-state index contributed by atoms with van der Waals surface area (Å²) in [6.45, 7) is 4.00. The lowest BCUT2D eigenvalue weighted by Crippen LogP contribution is -1.86. The van der Waals surface area contributed by atoms with Gasteiger partial charge in [0.15, 0.2) is 0 Å². The van der Waals surface area contributed by atoms with Crippen LogP contribution in [0.25, 0.3) is 0 Å². The van der Waals surface area contributed by atoms with E-state index in [1.165, 1.54) is 6.08 Å². The van der Waals surface area contributed by atoms with E-state index in [4.69, 9.17) is 9.52 Å². The van der Waals surface area contributed by atoms with Crippen molar-refractivity contribution in [1.29, 1.82) is 0 Å². The molecule has 0 amide bonds. The third-order valence-corrected chi connectivity index (χ3v) is 2.13. The standard InChI is InChI=1S/C12H16O3.C2H6/c13-12(14)9-5-3-1-2-4-7-11-8-6-10-15-11;1-2/h5-6,8-10H,1-4,7H2,(H,13,14);1-2H3/b9-5+;. The van der Waals surface area contributed by atoms with Crippen molar-refractivity contribution in [2.45, 2.75) is 46.0 Å². The van der Waals surface area contributed by atoms with Gasteiger partial charge in [-0.3, -0.25) is 0 Å². The van der Waals surface area contributed by atoms with Crippen LogP contribution in [0.15, 0.2) is 35.0 Å². The zero-order valence-electron chi connectivity index (χ0n) is 10.7. The average Bonchev–Trinajstić information content (AvgIpc) is 2.83. The van der Waals surface area contributed by atoms with Gasteiger partial charge in [-0.25, -0.2) is 4.79 Å². The predicted octanol–water partition coefficient (Wildman–Crippen LogP) is 4.05. The summed E-state index contributed by atoms with van der Waals surface area (Å²) in [6, 6.07) is 3.87. The third-order valence-electron chi connectivity index (χ3n) is 2.13. The second kappa shape index (κ2) is 11.0. The number of hydrogen-bond donors (Lipinski definition) is 1. The van der Waals surface area contributed by atoms with Gasteiger partial charge in [-0.15, -0.1) is 0 Å². The van der Waals surface area contributed by atoms with Crippen LogP contribution < -0.4 is 0 Å². The van der Waals surface area contributed by atoms with E-state index in [-0.39, 0.29) is 0 Å². The smallest absolute Gasteiger partial charge is 0.327 e. The molecule has 0 fully saturated rings. The van der Waals surface area contributed by atoms with Gasteiger partial charge in [-0.2, -0.15) is 0 Å². The Kier molecular flexibility index (Phi) is 10.0. The number of hydrogen-bond acceptors (Lipinski definition) is 2. The highest BCUT2D eigenvalue weighted by molar-refractivity contribution is 5.79. The summed E-state index contributed by atoms with van der Waals surface area (Å²) in [5.41, 5.74) is 0. The van der Waals surface area contributed by atoms with Crippen molar-refractivity contribution in [3.63, 3.8) is 0 Å². The van der Waals surface area contributed by atoms with Crippen molar-refractivity contribution >= 4 is 5.97 Å². The first-order chi connectivity index (χ1) is 8.29. The molecule has 0 aromatic carbocycles. The molecule has 0 aliphatic carbocycles. The van der Waals surface area contributed by atoms with Crippen LogP contribution in [0.2, 0.25) is 0 Å². The van der Waals surface area contributed by atoms with E-state index in [2.05, 4.69) is 0 Å². The molecule has 3 heteroatoms. The molecule has 0 saturated carbocycles. The van der Waals surface area contributed by atoms with Crippen molar-refractivity contribution < 1.29 is 14.3 Å². The minimum absolute atomic E-state index is 0.838. The minimum atomic E-state index is -0.870. The van der Waals surface area contributed by atoms with Crippen molar-refractivity contribution in [1.82, 2.24) is 0 Å². The number of rotatable bonds is 7. The molecule has 1 rings (SSSR count). The number of furan rings is 1. The maximum atomic E-state index is 10.1. The molecule has 1 aromatic heterocycles. The van der Waals surface area contributed by atoms with Crippen molar-refractivity contribution in [2.24, 2.45) is 0 Å². The molecule has 0 bridgehead atoms. The lowest BCUT2D eigenvalue weighted by Gasteiger charge is -1.96. The molecule has 0 saturated heterocycles. The van der Waals surface area contributed by atoms with Crippen LogP contribution >= 0.6 is 0 Å². The van der Waals surface area contributed by atoms with Crippen LogP contribution in [0.1, 0.15) is 45.3 Å². The van der Waals surface area contributed by atoms with E-state index in [9.17, 15) is 4.79 Å². The first-order valence-corrected chi connectivity index (χ1v) is 6.21. The van der Waals surface area contributed by atoms with Gasteiger partial charge in [-0.05, 0) is 31.4 Å². The monoisotopic (exact) mass is 238 g/mol. The van der Waals surface area contributed by atoms with E-state index < -0.39 is 5.97 Å². The van der Waals surface area contributed by atoms with Gasteiger partial charge in [0.05, 0.1) is 6.26 Å². The van der Waals surface area contributed by atoms with Gasteiger partial charge in [0.25, 0.3) is 0 Å². The number of aliphatic carboxylic acids is 1. The average molecular weight is 238 g/mol. The van der Waals surface area contributed by atoms with Gasteiger partial charge in [0.2, 0.25) is 0 Å². The number of allylic oxidation sites excluding steroid dienone is 1. The van der Waals surface area contributed by atoms with E-state index in [1.807, 2.05) is 26.0 Å². The molecule has 17 heavy (non-hydrogen) atoms. The van der Waals surface area contributed by atoms with Gasteiger partial charge in [-0.1, -0.05) is 26.3 Å². The highest BCUT2D eigenvalue weighted by Gasteiger charge is 1.94. The number of aryl methyl sites for hydroxylation is 1. The second-order valence-electron chi connectivity index (χ2n) is 3.42.